The molecule has 0 saturated carbocycles. The van der Waals surface area contributed by atoms with Gasteiger partial charge in [-0.05, 0) is 48.9 Å². The van der Waals surface area contributed by atoms with Gasteiger partial charge in [0.15, 0.2) is 0 Å². The van der Waals surface area contributed by atoms with Crippen molar-refractivity contribution in [2.75, 3.05) is 11.9 Å². The Hall–Kier alpha value is -2.58. The van der Waals surface area contributed by atoms with E-state index in [4.69, 9.17) is 11.6 Å². The van der Waals surface area contributed by atoms with Crippen LogP contribution in [0.2, 0.25) is 5.02 Å². The highest BCUT2D eigenvalue weighted by Gasteiger charge is 2.17. The van der Waals surface area contributed by atoms with Crippen molar-refractivity contribution in [3.63, 3.8) is 0 Å². The van der Waals surface area contributed by atoms with E-state index in [-0.39, 0.29) is 10.8 Å². The van der Waals surface area contributed by atoms with Crippen LogP contribution in [0.1, 0.15) is 30.1 Å². The van der Waals surface area contributed by atoms with Crippen LogP contribution in [0.4, 0.5) is 10.5 Å². The molecule has 0 aliphatic carbocycles. The smallest absolute Gasteiger partial charge is 0.333 e. The van der Waals surface area contributed by atoms with E-state index in [1.54, 1.807) is 18.2 Å². The topological polar surface area (TPSA) is 104 Å². The molecule has 0 aromatic heterocycles. The van der Waals surface area contributed by atoms with E-state index < -0.39 is 16.1 Å². The Morgan fingerprint density at radius 2 is 1.78 bits per heavy atom. The minimum Gasteiger partial charge on any atom is -0.352 e. The average Bonchev–Trinajstić information content (AvgIpc) is 2.62. The van der Waals surface area contributed by atoms with Gasteiger partial charge in [0.2, 0.25) is 0 Å². The fraction of sp³-hybridized carbons (Fsp3) is 0.222. The molecule has 0 spiro atoms. The third kappa shape index (κ3) is 6.26. The van der Waals surface area contributed by atoms with Crippen molar-refractivity contribution in [2.24, 2.45) is 0 Å². The van der Waals surface area contributed by atoms with Gasteiger partial charge in [-0.25, -0.2) is 17.9 Å². The summed E-state index contributed by atoms with van der Waals surface area (Å²) in [5.74, 6) is -0.263. The number of unbranched alkanes of at least 4 members (excludes halogenated alkanes) is 1. The zero-order valence-corrected chi connectivity index (χ0v) is 16.2. The zero-order chi connectivity index (χ0) is 19.9. The van der Waals surface area contributed by atoms with Crippen LogP contribution < -0.4 is 15.4 Å². The molecule has 0 heterocycles. The number of amides is 3. The standard InChI is InChI=1S/C18H20ClN3O4S/c1-2-3-11-20-17(23)13-5-4-6-15(12-13)21-18(24)22-27(25,26)16-9-7-14(19)8-10-16/h4-10,12H,2-3,11H2,1H3,(H,20,23)(H2,21,22,24). The first kappa shape index (κ1) is 20.7. The van der Waals surface area contributed by atoms with Crippen LogP contribution in [0, 0.1) is 0 Å². The molecule has 0 radical (unpaired) electrons. The Morgan fingerprint density at radius 3 is 2.44 bits per heavy atom. The molecule has 7 nitrogen and oxygen atoms in total. The predicted molar refractivity (Wildman–Crippen MR) is 104 cm³/mol. The van der Waals surface area contributed by atoms with Gasteiger partial charge < -0.3 is 10.6 Å². The summed E-state index contributed by atoms with van der Waals surface area (Å²) in [6.07, 6.45) is 1.83. The summed E-state index contributed by atoms with van der Waals surface area (Å²) in [6.45, 7) is 2.58. The van der Waals surface area contributed by atoms with Gasteiger partial charge in [-0.2, -0.15) is 0 Å². The zero-order valence-electron chi connectivity index (χ0n) is 14.7. The molecule has 0 saturated heterocycles. The van der Waals surface area contributed by atoms with Crippen molar-refractivity contribution in [2.45, 2.75) is 24.7 Å². The molecule has 0 atom stereocenters. The quantitative estimate of drug-likeness (QED) is 0.609. The predicted octanol–water partition coefficient (Wildman–Crippen LogP) is 3.38. The molecule has 2 aromatic carbocycles. The number of nitrogens with one attached hydrogen (secondary N) is 3. The van der Waals surface area contributed by atoms with Crippen molar-refractivity contribution in [1.82, 2.24) is 10.0 Å². The minimum atomic E-state index is -4.04. The number of urea groups is 1. The van der Waals surface area contributed by atoms with E-state index in [1.165, 1.54) is 30.3 Å². The van der Waals surface area contributed by atoms with Crippen LogP contribution in [-0.4, -0.2) is 26.9 Å². The summed E-state index contributed by atoms with van der Waals surface area (Å²) in [5, 5.41) is 5.56. The largest absolute Gasteiger partial charge is 0.352 e. The van der Waals surface area contributed by atoms with Crippen LogP contribution in [0.15, 0.2) is 53.4 Å². The van der Waals surface area contributed by atoms with Crippen molar-refractivity contribution in [3.8, 4) is 0 Å². The average molecular weight is 410 g/mol. The second-order valence-electron chi connectivity index (χ2n) is 5.70. The Balaban J connectivity index is 2.02. The molecular weight excluding hydrogens is 390 g/mol. The molecule has 2 aromatic rings. The van der Waals surface area contributed by atoms with E-state index in [0.29, 0.717) is 22.8 Å². The Morgan fingerprint density at radius 1 is 1.07 bits per heavy atom. The van der Waals surface area contributed by atoms with Crippen LogP contribution in [0.25, 0.3) is 0 Å². The molecule has 0 aliphatic rings. The monoisotopic (exact) mass is 409 g/mol. The fourth-order valence-electron chi connectivity index (χ4n) is 2.17. The SMILES string of the molecule is CCCCNC(=O)c1cccc(NC(=O)NS(=O)(=O)c2ccc(Cl)cc2)c1. The minimum absolute atomic E-state index is 0.0916. The van der Waals surface area contributed by atoms with Crippen molar-refractivity contribution in [3.05, 3.63) is 59.1 Å². The molecule has 144 valence electrons. The van der Waals surface area contributed by atoms with Gasteiger partial charge in [-0.1, -0.05) is 31.0 Å². The molecule has 0 aliphatic heterocycles. The van der Waals surface area contributed by atoms with E-state index >= 15 is 0 Å². The van der Waals surface area contributed by atoms with Crippen molar-refractivity contribution >= 4 is 39.2 Å². The number of hydrogen-bond acceptors (Lipinski definition) is 4. The molecule has 0 fully saturated rings. The van der Waals surface area contributed by atoms with E-state index in [2.05, 4.69) is 10.6 Å². The highest BCUT2D eigenvalue weighted by atomic mass is 35.5. The number of carbonyl (C=O) groups is 2. The van der Waals surface area contributed by atoms with Crippen molar-refractivity contribution < 1.29 is 18.0 Å². The summed E-state index contributed by atoms with van der Waals surface area (Å²) < 4.78 is 26.3. The van der Waals surface area contributed by atoms with Crippen LogP contribution >= 0.6 is 11.6 Å². The summed E-state index contributed by atoms with van der Waals surface area (Å²) in [6, 6.07) is 10.7. The molecule has 0 bridgehead atoms. The number of sulfonamides is 1. The van der Waals surface area contributed by atoms with Gasteiger partial charge in [0.1, 0.15) is 0 Å². The molecular formula is C18H20ClN3O4S. The van der Waals surface area contributed by atoms with Gasteiger partial charge >= 0.3 is 6.03 Å². The summed E-state index contributed by atoms with van der Waals surface area (Å²) in [7, 11) is -4.04. The Bertz CT molecular complexity index is 914. The highest BCUT2D eigenvalue weighted by Crippen LogP contribution is 2.15. The summed E-state index contributed by atoms with van der Waals surface area (Å²) >= 11 is 5.73. The number of carbonyl (C=O) groups excluding carboxylic acids is 2. The lowest BCUT2D eigenvalue weighted by molar-refractivity contribution is 0.0953. The lowest BCUT2D eigenvalue weighted by atomic mass is 10.2. The van der Waals surface area contributed by atoms with Gasteiger partial charge in [0, 0.05) is 22.8 Å². The lowest BCUT2D eigenvalue weighted by Gasteiger charge is -2.10. The maximum Gasteiger partial charge on any atom is 0.333 e. The normalized spacial score (nSPS) is 10.9. The number of halogens is 1. The Labute approximate surface area is 163 Å². The van der Waals surface area contributed by atoms with Crippen LogP contribution in [0.3, 0.4) is 0 Å². The molecule has 0 unspecified atom stereocenters. The molecule has 3 amide bonds. The molecule has 3 N–H and O–H groups in total. The number of anilines is 1. The molecule has 27 heavy (non-hydrogen) atoms. The second kappa shape index (κ2) is 9.38. The molecule has 2 rings (SSSR count). The summed E-state index contributed by atoms with van der Waals surface area (Å²) in [5.41, 5.74) is 0.659. The Kier molecular flexibility index (Phi) is 7.20. The second-order valence-corrected chi connectivity index (χ2v) is 7.82. The maximum absolute atomic E-state index is 12.2. The van der Waals surface area contributed by atoms with E-state index in [0.717, 1.165) is 12.8 Å². The first-order chi connectivity index (χ1) is 12.8. The lowest BCUT2D eigenvalue weighted by Crippen LogP contribution is -2.34. The third-order valence-electron chi connectivity index (χ3n) is 3.55. The number of rotatable bonds is 7. The highest BCUT2D eigenvalue weighted by molar-refractivity contribution is 7.90. The summed E-state index contributed by atoms with van der Waals surface area (Å²) in [4.78, 5) is 24.0. The van der Waals surface area contributed by atoms with Gasteiger partial charge in [0.25, 0.3) is 15.9 Å². The first-order valence-electron chi connectivity index (χ1n) is 8.29. The number of benzene rings is 2. The first-order valence-corrected chi connectivity index (χ1v) is 10.2. The number of hydrogen-bond donors (Lipinski definition) is 3. The van der Waals surface area contributed by atoms with E-state index in [9.17, 15) is 18.0 Å². The van der Waals surface area contributed by atoms with Gasteiger partial charge in [0.05, 0.1) is 4.90 Å². The fourth-order valence-corrected chi connectivity index (χ4v) is 3.20. The molecule has 9 heteroatoms. The maximum atomic E-state index is 12.2. The van der Waals surface area contributed by atoms with Crippen molar-refractivity contribution in [1.29, 1.82) is 0 Å². The van der Waals surface area contributed by atoms with Gasteiger partial charge in [-0.15, -0.1) is 0 Å². The van der Waals surface area contributed by atoms with E-state index in [1.807, 2.05) is 11.6 Å². The third-order valence-corrected chi connectivity index (χ3v) is 5.15. The van der Waals surface area contributed by atoms with Gasteiger partial charge in [-0.3, -0.25) is 4.79 Å². The van der Waals surface area contributed by atoms with Crippen LogP contribution in [0.5, 0.6) is 0 Å². The van der Waals surface area contributed by atoms with Crippen LogP contribution in [-0.2, 0) is 10.0 Å².